The second-order valence-corrected chi connectivity index (χ2v) is 4.59. The summed E-state index contributed by atoms with van der Waals surface area (Å²) in [5.41, 5.74) is -0.351. The van der Waals surface area contributed by atoms with Crippen LogP contribution >= 0.6 is 0 Å². The van der Waals surface area contributed by atoms with Crippen molar-refractivity contribution in [2.75, 3.05) is 25.1 Å². The minimum absolute atomic E-state index is 0.0619. The number of nitrogens with zero attached hydrogens (tertiary/aromatic N) is 1. The standard InChI is InChI=1S/C13H16F3NO2/c1-19-11-4-5-17(7-11)10-3-2-9(8-18)12(6-10)13(14,15)16/h2-3,6,11,18H,4-5,7-8H2,1H3. The smallest absolute Gasteiger partial charge is 0.392 e. The van der Waals surface area contributed by atoms with Gasteiger partial charge in [-0.1, -0.05) is 6.07 Å². The van der Waals surface area contributed by atoms with Gasteiger partial charge in [0.1, 0.15) is 0 Å². The lowest BCUT2D eigenvalue weighted by molar-refractivity contribution is -0.138. The second-order valence-electron chi connectivity index (χ2n) is 4.59. The van der Waals surface area contributed by atoms with E-state index < -0.39 is 18.3 Å². The van der Waals surface area contributed by atoms with Gasteiger partial charge in [0, 0.05) is 25.9 Å². The number of halogens is 3. The van der Waals surface area contributed by atoms with E-state index >= 15 is 0 Å². The Kier molecular flexibility index (Phi) is 4.01. The lowest BCUT2D eigenvalue weighted by Crippen LogP contribution is -2.23. The molecule has 0 spiro atoms. The molecular weight excluding hydrogens is 259 g/mol. The predicted molar refractivity (Wildman–Crippen MR) is 65.0 cm³/mol. The highest BCUT2D eigenvalue weighted by Crippen LogP contribution is 2.35. The van der Waals surface area contributed by atoms with Crippen molar-refractivity contribution in [1.29, 1.82) is 0 Å². The number of benzene rings is 1. The number of hydrogen-bond acceptors (Lipinski definition) is 3. The van der Waals surface area contributed by atoms with Crippen LogP contribution < -0.4 is 4.90 Å². The molecular formula is C13H16F3NO2. The molecule has 2 rings (SSSR count). The van der Waals surface area contributed by atoms with E-state index in [1.165, 1.54) is 6.07 Å². The average molecular weight is 275 g/mol. The zero-order valence-electron chi connectivity index (χ0n) is 10.6. The monoisotopic (exact) mass is 275 g/mol. The fraction of sp³-hybridized carbons (Fsp3) is 0.538. The highest BCUT2D eigenvalue weighted by atomic mass is 19.4. The summed E-state index contributed by atoms with van der Waals surface area (Å²) in [7, 11) is 1.60. The Bertz CT molecular complexity index is 448. The Balaban J connectivity index is 2.28. The van der Waals surface area contributed by atoms with Gasteiger partial charge >= 0.3 is 6.18 Å². The number of aliphatic hydroxyl groups is 1. The Morgan fingerprint density at radius 3 is 2.68 bits per heavy atom. The fourth-order valence-electron chi connectivity index (χ4n) is 2.32. The number of alkyl halides is 3. The quantitative estimate of drug-likeness (QED) is 0.919. The van der Waals surface area contributed by atoms with E-state index in [1.54, 1.807) is 13.2 Å². The van der Waals surface area contributed by atoms with E-state index in [2.05, 4.69) is 0 Å². The van der Waals surface area contributed by atoms with Crippen molar-refractivity contribution in [3.63, 3.8) is 0 Å². The van der Waals surface area contributed by atoms with Crippen LogP contribution in [0.15, 0.2) is 18.2 Å². The van der Waals surface area contributed by atoms with Gasteiger partial charge < -0.3 is 14.7 Å². The first-order chi connectivity index (χ1) is 8.95. The minimum atomic E-state index is -4.45. The molecule has 0 bridgehead atoms. The summed E-state index contributed by atoms with van der Waals surface area (Å²) < 4.78 is 43.9. The molecule has 0 aromatic heterocycles. The maximum atomic E-state index is 12.9. The maximum Gasteiger partial charge on any atom is 0.416 e. The van der Waals surface area contributed by atoms with E-state index in [9.17, 15) is 13.2 Å². The van der Waals surface area contributed by atoms with E-state index in [-0.39, 0.29) is 11.7 Å². The zero-order chi connectivity index (χ0) is 14.0. The number of rotatable bonds is 3. The molecule has 1 saturated heterocycles. The van der Waals surface area contributed by atoms with Crippen molar-refractivity contribution in [3.05, 3.63) is 29.3 Å². The molecule has 0 amide bonds. The molecule has 3 nitrogen and oxygen atoms in total. The summed E-state index contributed by atoms with van der Waals surface area (Å²) in [6.07, 6.45) is -3.58. The van der Waals surface area contributed by atoms with Crippen LogP contribution in [0.5, 0.6) is 0 Å². The SMILES string of the molecule is COC1CCN(c2ccc(CO)c(C(F)(F)F)c2)C1. The lowest BCUT2D eigenvalue weighted by atomic mass is 10.1. The van der Waals surface area contributed by atoms with Gasteiger partial charge in [-0.2, -0.15) is 13.2 Å². The second kappa shape index (κ2) is 5.38. The van der Waals surface area contributed by atoms with Crippen molar-refractivity contribution < 1.29 is 23.0 Å². The third-order valence-corrected chi connectivity index (χ3v) is 3.41. The van der Waals surface area contributed by atoms with Crippen molar-refractivity contribution >= 4 is 5.69 Å². The summed E-state index contributed by atoms with van der Waals surface area (Å²) in [6.45, 7) is 0.649. The normalized spacial score (nSPS) is 20.1. The summed E-state index contributed by atoms with van der Waals surface area (Å²) in [5, 5.41) is 8.98. The Morgan fingerprint density at radius 1 is 1.42 bits per heavy atom. The molecule has 1 N–H and O–H groups in total. The van der Waals surface area contributed by atoms with Crippen LogP contribution in [-0.2, 0) is 17.5 Å². The minimum Gasteiger partial charge on any atom is -0.392 e. The van der Waals surface area contributed by atoms with Gasteiger partial charge in [0.2, 0.25) is 0 Å². The third kappa shape index (κ3) is 3.01. The third-order valence-electron chi connectivity index (χ3n) is 3.41. The lowest BCUT2D eigenvalue weighted by Gasteiger charge is -2.21. The first-order valence-electron chi connectivity index (χ1n) is 6.04. The topological polar surface area (TPSA) is 32.7 Å². The number of methoxy groups -OCH3 is 1. The molecule has 0 saturated carbocycles. The molecule has 1 aliphatic heterocycles. The molecule has 0 aliphatic carbocycles. The van der Waals surface area contributed by atoms with Gasteiger partial charge in [-0.05, 0) is 24.1 Å². The van der Waals surface area contributed by atoms with E-state index in [0.29, 0.717) is 18.8 Å². The molecule has 1 atom stereocenters. The highest BCUT2D eigenvalue weighted by Gasteiger charge is 2.34. The molecule has 1 unspecified atom stereocenters. The highest BCUT2D eigenvalue weighted by molar-refractivity contribution is 5.52. The van der Waals surface area contributed by atoms with Crippen molar-refractivity contribution in [2.24, 2.45) is 0 Å². The molecule has 106 valence electrons. The van der Waals surface area contributed by atoms with Crippen LogP contribution in [0.3, 0.4) is 0 Å². The molecule has 1 aromatic rings. The predicted octanol–water partition coefficient (Wildman–Crippen LogP) is 2.42. The summed E-state index contributed by atoms with van der Waals surface area (Å²) >= 11 is 0. The van der Waals surface area contributed by atoms with Gasteiger partial charge in [-0.15, -0.1) is 0 Å². The van der Waals surface area contributed by atoms with Crippen LogP contribution in [-0.4, -0.2) is 31.4 Å². The van der Waals surface area contributed by atoms with Gasteiger partial charge in [0.25, 0.3) is 0 Å². The largest absolute Gasteiger partial charge is 0.416 e. The van der Waals surface area contributed by atoms with E-state index in [0.717, 1.165) is 12.5 Å². The molecule has 1 fully saturated rings. The summed E-state index contributed by atoms with van der Waals surface area (Å²) in [6, 6.07) is 4.04. The average Bonchev–Trinajstić information content (AvgIpc) is 2.85. The fourth-order valence-corrected chi connectivity index (χ4v) is 2.32. The van der Waals surface area contributed by atoms with Gasteiger partial charge in [0.15, 0.2) is 0 Å². The number of hydrogen-bond donors (Lipinski definition) is 1. The molecule has 19 heavy (non-hydrogen) atoms. The number of anilines is 1. The van der Waals surface area contributed by atoms with Crippen LogP contribution in [0.4, 0.5) is 18.9 Å². The zero-order valence-corrected chi connectivity index (χ0v) is 10.6. The molecule has 1 heterocycles. The number of ether oxygens (including phenoxy) is 1. The molecule has 1 aromatic carbocycles. The van der Waals surface area contributed by atoms with Gasteiger partial charge in [0.05, 0.1) is 18.3 Å². The first-order valence-corrected chi connectivity index (χ1v) is 6.04. The van der Waals surface area contributed by atoms with E-state index in [1.807, 2.05) is 4.90 Å². The molecule has 6 heteroatoms. The van der Waals surface area contributed by atoms with Crippen molar-refractivity contribution in [1.82, 2.24) is 0 Å². The van der Waals surface area contributed by atoms with Crippen molar-refractivity contribution in [3.8, 4) is 0 Å². The van der Waals surface area contributed by atoms with Crippen LogP contribution in [0.25, 0.3) is 0 Å². The molecule has 1 aliphatic rings. The van der Waals surface area contributed by atoms with Crippen molar-refractivity contribution in [2.45, 2.75) is 25.3 Å². The summed E-state index contributed by atoms with van der Waals surface area (Å²) in [4.78, 5) is 1.87. The Labute approximate surface area is 109 Å². The summed E-state index contributed by atoms with van der Waals surface area (Å²) in [5.74, 6) is 0. The van der Waals surface area contributed by atoms with Crippen LogP contribution in [0, 0.1) is 0 Å². The van der Waals surface area contributed by atoms with Crippen LogP contribution in [0.2, 0.25) is 0 Å². The van der Waals surface area contributed by atoms with Crippen LogP contribution in [0.1, 0.15) is 17.5 Å². The van der Waals surface area contributed by atoms with Gasteiger partial charge in [-0.3, -0.25) is 0 Å². The Morgan fingerprint density at radius 2 is 2.16 bits per heavy atom. The number of aliphatic hydroxyl groups excluding tert-OH is 1. The molecule has 0 radical (unpaired) electrons. The maximum absolute atomic E-state index is 12.9. The van der Waals surface area contributed by atoms with Gasteiger partial charge in [-0.25, -0.2) is 0 Å². The first kappa shape index (κ1) is 14.1. The van der Waals surface area contributed by atoms with E-state index in [4.69, 9.17) is 9.84 Å². The Hall–Kier alpha value is -1.27.